The molecular formula is C29H38ClN3O5. The number of carbonyl (C=O) groups is 2. The number of ether oxygens (including phenoxy) is 2. The lowest BCUT2D eigenvalue weighted by Gasteiger charge is -2.34. The molecule has 2 aromatic carbocycles. The number of nitrogens with zero attached hydrogens (tertiary/aromatic N) is 1. The van der Waals surface area contributed by atoms with Crippen LogP contribution in [0.1, 0.15) is 49.7 Å². The van der Waals surface area contributed by atoms with Crippen molar-refractivity contribution in [3.05, 3.63) is 52.5 Å². The van der Waals surface area contributed by atoms with Gasteiger partial charge >= 0.3 is 0 Å². The van der Waals surface area contributed by atoms with E-state index in [0.29, 0.717) is 63.2 Å². The molecule has 1 aliphatic carbocycles. The van der Waals surface area contributed by atoms with Crippen LogP contribution in [0.3, 0.4) is 0 Å². The average molecular weight is 544 g/mol. The Morgan fingerprint density at radius 3 is 2.66 bits per heavy atom. The lowest BCUT2D eigenvalue weighted by atomic mass is 9.94. The summed E-state index contributed by atoms with van der Waals surface area (Å²) in [6.07, 6.45) is 7.56. The maximum absolute atomic E-state index is 13.1. The topological polar surface area (TPSA) is 100 Å². The van der Waals surface area contributed by atoms with Gasteiger partial charge in [-0.05, 0) is 61.6 Å². The minimum atomic E-state index is -0.275. The Hall–Kier alpha value is -2.81. The van der Waals surface area contributed by atoms with Gasteiger partial charge < -0.3 is 30.1 Å². The van der Waals surface area contributed by atoms with Crippen molar-refractivity contribution >= 4 is 29.1 Å². The van der Waals surface area contributed by atoms with Crippen LogP contribution in [0.4, 0.5) is 5.69 Å². The summed E-state index contributed by atoms with van der Waals surface area (Å²) in [5, 5.41) is 16.9. The molecule has 0 atom stereocenters. The molecule has 1 saturated carbocycles. The van der Waals surface area contributed by atoms with Crippen molar-refractivity contribution in [3.8, 4) is 11.5 Å². The van der Waals surface area contributed by atoms with Crippen LogP contribution in [-0.4, -0.2) is 67.3 Å². The Bertz CT molecular complexity index is 1070. The van der Waals surface area contributed by atoms with Crippen LogP contribution in [0.5, 0.6) is 11.5 Å². The first-order chi connectivity index (χ1) is 18.5. The lowest BCUT2D eigenvalue weighted by Crippen LogP contribution is -2.45. The third-order valence-electron chi connectivity index (χ3n) is 7.17. The number of anilines is 1. The van der Waals surface area contributed by atoms with Crippen LogP contribution in [0, 0.1) is 0 Å². The van der Waals surface area contributed by atoms with E-state index >= 15 is 0 Å². The van der Waals surface area contributed by atoms with Crippen molar-refractivity contribution in [2.24, 2.45) is 0 Å². The van der Waals surface area contributed by atoms with Gasteiger partial charge in [-0.15, -0.1) is 0 Å². The number of fused-ring (bicyclic) bond motifs is 1. The van der Waals surface area contributed by atoms with Crippen LogP contribution in [0.25, 0.3) is 0 Å². The molecule has 2 amide bonds. The molecule has 0 spiro atoms. The lowest BCUT2D eigenvalue weighted by molar-refractivity contribution is -0.135. The predicted octanol–water partition coefficient (Wildman–Crippen LogP) is 4.32. The fourth-order valence-electron chi connectivity index (χ4n) is 5.11. The van der Waals surface area contributed by atoms with Gasteiger partial charge in [0.15, 0.2) is 12.4 Å². The summed E-state index contributed by atoms with van der Waals surface area (Å²) in [6, 6.07) is 11.4. The Kier molecular flexibility index (Phi) is 10.7. The number of benzene rings is 2. The van der Waals surface area contributed by atoms with E-state index in [1.54, 1.807) is 6.07 Å². The minimum absolute atomic E-state index is 0.000328. The van der Waals surface area contributed by atoms with E-state index in [-0.39, 0.29) is 24.2 Å². The molecule has 1 fully saturated rings. The summed E-state index contributed by atoms with van der Waals surface area (Å²) in [5.74, 6) is 0.409. The number of nitrogens with one attached hydrogen (secondary N) is 2. The predicted molar refractivity (Wildman–Crippen MR) is 148 cm³/mol. The SMILES string of the molecule is O=C1COc2c(CCNCCN(C(=O)CCOCCc3ccc(Cl)cc3)C3CCCCC3)ccc(O)c2N1. The first kappa shape index (κ1) is 28.2. The molecule has 2 aliphatic rings. The molecule has 3 N–H and O–H groups in total. The monoisotopic (exact) mass is 543 g/mol. The van der Waals surface area contributed by atoms with E-state index in [2.05, 4.69) is 15.5 Å². The van der Waals surface area contributed by atoms with Gasteiger partial charge in [-0.1, -0.05) is 49.1 Å². The van der Waals surface area contributed by atoms with Gasteiger partial charge in [0, 0.05) is 24.2 Å². The summed E-state index contributed by atoms with van der Waals surface area (Å²) in [4.78, 5) is 26.8. The number of halogens is 1. The van der Waals surface area contributed by atoms with Gasteiger partial charge in [-0.3, -0.25) is 9.59 Å². The van der Waals surface area contributed by atoms with Crippen molar-refractivity contribution in [3.63, 3.8) is 0 Å². The fraction of sp³-hybridized carbons (Fsp3) is 0.517. The van der Waals surface area contributed by atoms with Crippen molar-refractivity contribution < 1.29 is 24.2 Å². The quantitative estimate of drug-likeness (QED) is 0.257. The van der Waals surface area contributed by atoms with E-state index in [9.17, 15) is 14.7 Å². The number of phenolic OH excluding ortho intramolecular Hbond substituents is 1. The van der Waals surface area contributed by atoms with E-state index in [1.165, 1.54) is 24.8 Å². The van der Waals surface area contributed by atoms with Gasteiger partial charge in [0.25, 0.3) is 5.91 Å². The minimum Gasteiger partial charge on any atom is -0.506 e. The second-order valence-electron chi connectivity index (χ2n) is 9.90. The smallest absolute Gasteiger partial charge is 0.262 e. The van der Waals surface area contributed by atoms with Gasteiger partial charge in [0.2, 0.25) is 5.91 Å². The molecule has 8 nitrogen and oxygen atoms in total. The zero-order valence-corrected chi connectivity index (χ0v) is 22.6. The van der Waals surface area contributed by atoms with Crippen LogP contribution in [0.2, 0.25) is 5.02 Å². The molecule has 0 radical (unpaired) electrons. The second-order valence-corrected chi connectivity index (χ2v) is 10.3. The van der Waals surface area contributed by atoms with Crippen LogP contribution in [0.15, 0.2) is 36.4 Å². The Balaban J connectivity index is 1.21. The molecule has 2 aromatic rings. The summed E-state index contributed by atoms with van der Waals surface area (Å²) >= 11 is 5.94. The highest BCUT2D eigenvalue weighted by Gasteiger charge is 2.25. The summed E-state index contributed by atoms with van der Waals surface area (Å²) in [7, 11) is 0. The number of hydrogen-bond acceptors (Lipinski definition) is 6. The van der Waals surface area contributed by atoms with Gasteiger partial charge in [-0.2, -0.15) is 0 Å². The zero-order chi connectivity index (χ0) is 26.7. The molecule has 0 aromatic heterocycles. The molecule has 0 bridgehead atoms. The van der Waals surface area contributed by atoms with Crippen LogP contribution < -0.4 is 15.4 Å². The highest BCUT2D eigenvalue weighted by atomic mass is 35.5. The zero-order valence-electron chi connectivity index (χ0n) is 21.8. The van der Waals surface area contributed by atoms with Crippen molar-refractivity contribution in [1.82, 2.24) is 10.2 Å². The highest BCUT2D eigenvalue weighted by molar-refractivity contribution is 6.30. The van der Waals surface area contributed by atoms with Crippen molar-refractivity contribution in [2.75, 3.05) is 44.8 Å². The molecule has 9 heteroatoms. The molecular weight excluding hydrogens is 506 g/mol. The van der Waals surface area contributed by atoms with Gasteiger partial charge in [0.1, 0.15) is 11.4 Å². The molecule has 38 heavy (non-hydrogen) atoms. The Labute approximate surface area is 229 Å². The second kappa shape index (κ2) is 14.4. The van der Waals surface area contributed by atoms with E-state index < -0.39 is 0 Å². The third-order valence-corrected chi connectivity index (χ3v) is 7.43. The highest BCUT2D eigenvalue weighted by Crippen LogP contribution is 2.39. The molecule has 1 heterocycles. The fourth-order valence-corrected chi connectivity index (χ4v) is 5.23. The Morgan fingerprint density at radius 2 is 1.87 bits per heavy atom. The molecule has 206 valence electrons. The van der Waals surface area contributed by atoms with E-state index in [0.717, 1.165) is 29.8 Å². The first-order valence-electron chi connectivity index (χ1n) is 13.6. The van der Waals surface area contributed by atoms with E-state index in [4.69, 9.17) is 21.1 Å². The van der Waals surface area contributed by atoms with Gasteiger partial charge in [-0.25, -0.2) is 0 Å². The standard InChI is InChI=1S/C29H38ClN3O5/c30-23-9-6-21(7-10-23)13-18-37-19-14-27(36)33(24-4-2-1-3-5-24)17-16-31-15-12-22-8-11-25(34)28-29(22)38-20-26(35)32-28/h6-11,24,31,34H,1-5,12-20H2,(H,32,35). The first-order valence-corrected chi connectivity index (χ1v) is 14.0. The largest absolute Gasteiger partial charge is 0.506 e. The normalized spacial score (nSPS) is 15.4. The molecule has 4 rings (SSSR count). The number of rotatable bonds is 13. The summed E-state index contributed by atoms with van der Waals surface area (Å²) in [5.41, 5.74) is 2.42. The summed E-state index contributed by atoms with van der Waals surface area (Å²) in [6.45, 7) is 2.99. The maximum atomic E-state index is 13.1. The molecule has 0 unspecified atom stereocenters. The maximum Gasteiger partial charge on any atom is 0.262 e. The third kappa shape index (κ3) is 8.09. The number of hydrogen-bond donors (Lipinski definition) is 3. The van der Waals surface area contributed by atoms with E-state index in [1.807, 2.05) is 30.3 Å². The Morgan fingerprint density at radius 1 is 1.08 bits per heavy atom. The van der Waals surface area contributed by atoms with Crippen molar-refractivity contribution in [1.29, 1.82) is 0 Å². The number of phenols is 1. The van der Waals surface area contributed by atoms with Crippen LogP contribution >= 0.6 is 11.6 Å². The molecule has 0 saturated heterocycles. The average Bonchev–Trinajstić information content (AvgIpc) is 2.93. The number of amides is 2. The summed E-state index contributed by atoms with van der Waals surface area (Å²) < 4.78 is 11.3. The molecule has 1 aliphatic heterocycles. The van der Waals surface area contributed by atoms with Crippen LogP contribution in [-0.2, 0) is 27.2 Å². The number of carbonyl (C=O) groups excluding carboxylic acids is 2. The van der Waals surface area contributed by atoms with Gasteiger partial charge in [0.05, 0.1) is 19.6 Å². The number of aromatic hydroxyl groups is 1. The van der Waals surface area contributed by atoms with Crippen molar-refractivity contribution in [2.45, 2.75) is 57.4 Å².